The fraction of sp³-hybridized carbons (Fsp3) is 0.222. The number of hydrogen-bond donors (Lipinski definition) is 1. The Labute approximate surface area is 151 Å². The molecule has 9 heteroatoms. The van der Waals surface area contributed by atoms with Crippen LogP contribution in [0.2, 0.25) is 0 Å². The van der Waals surface area contributed by atoms with Crippen molar-refractivity contribution in [3.8, 4) is 5.75 Å². The van der Waals surface area contributed by atoms with Crippen molar-refractivity contribution in [2.24, 2.45) is 5.92 Å². The van der Waals surface area contributed by atoms with E-state index in [0.717, 1.165) is 6.07 Å². The van der Waals surface area contributed by atoms with Gasteiger partial charge in [-0.3, -0.25) is 9.59 Å². The number of carbonyl (C=O) groups is 2. The van der Waals surface area contributed by atoms with Crippen molar-refractivity contribution >= 4 is 17.5 Å². The summed E-state index contributed by atoms with van der Waals surface area (Å²) in [7, 11) is 0. The molecule has 2 amide bonds. The molecule has 1 aliphatic heterocycles. The number of rotatable bonds is 5. The number of nitrogens with zero attached hydrogens (tertiary/aromatic N) is 1. The summed E-state index contributed by atoms with van der Waals surface area (Å²) in [6.07, 6.45) is 0. The summed E-state index contributed by atoms with van der Waals surface area (Å²) in [5.74, 6) is -6.89. The standard InChI is InChI=1S/C18H14F4N2O3/c19-11-3-1-2-4-14(11)27-9-15(25)24-7-10(8-24)18(26)23-13-6-5-12(20)16(21)17(13)22/h1-6,10H,7-9H2,(H,23,26). The molecule has 1 N–H and O–H groups in total. The number of halogens is 4. The number of ether oxygens (including phenoxy) is 1. The lowest BCUT2D eigenvalue weighted by Crippen LogP contribution is -2.55. The molecule has 0 atom stereocenters. The number of likely N-dealkylation sites (tertiary alicyclic amines) is 1. The topological polar surface area (TPSA) is 58.6 Å². The van der Waals surface area contributed by atoms with E-state index in [9.17, 15) is 27.2 Å². The molecule has 0 saturated carbocycles. The van der Waals surface area contributed by atoms with Gasteiger partial charge in [0.2, 0.25) is 5.91 Å². The number of hydrogen-bond acceptors (Lipinski definition) is 3. The molecule has 5 nitrogen and oxygen atoms in total. The van der Waals surface area contributed by atoms with Gasteiger partial charge < -0.3 is 15.0 Å². The number of nitrogens with one attached hydrogen (secondary N) is 1. The van der Waals surface area contributed by atoms with Gasteiger partial charge in [-0.1, -0.05) is 12.1 Å². The Morgan fingerprint density at radius 3 is 2.41 bits per heavy atom. The molecule has 0 bridgehead atoms. The molecule has 1 aliphatic rings. The van der Waals surface area contributed by atoms with Crippen LogP contribution in [0.3, 0.4) is 0 Å². The number of benzene rings is 2. The highest BCUT2D eigenvalue weighted by Gasteiger charge is 2.36. The van der Waals surface area contributed by atoms with Gasteiger partial charge in [-0.2, -0.15) is 0 Å². The van der Waals surface area contributed by atoms with Gasteiger partial charge in [-0.15, -0.1) is 0 Å². The van der Waals surface area contributed by atoms with Crippen molar-refractivity contribution in [3.05, 3.63) is 59.7 Å². The third-order valence-corrected chi connectivity index (χ3v) is 4.09. The quantitative estimate of drug-likeness (QED) is 0.639. The van der Waals surface area contributed by atoms with Crippen LogP contribution in [-0.2, 0) is 9.59 Å². The van der Waals surface area contributed by atoms with E-state index in [1.54, 1.807) is 6.07 Å². The van der Waals surface area contributed by atoms with Crippen LogP contribution in [-0.4, -0.2) is 36.4 Å². The lowest BCUT2D eigenvalue weighted by atomic mass is 9.99. The smallest absolute Gasteiger partial charge is 0.260 e. The van der Waals surface area contributed by atoms with Crippen LogP contribution in [0.1, 0.15) is 0 Å². The van der Waals surface area contributed by atoms with E-state index >= 15 is 0 Å². The molecule has 0 aliphatic carbocycles. The highest BCUT2D eigenvalue weighted by Crippen LogP contribution is 2.23. The fourth-order valence-corrected chi connectivity index (χ4v) is 2.50. The van der Waals surface area contributed by atoms with Gasteiger partial charge in [-0.25, -0.2) is 17.6 Å². The second-order valence-corrected chi connectivity index (χ2v) is 5.93. The van der Waals surface area contributed by atoms with Crippen LogP contribution in [0.5, 0.6) is 5.75 Å². The largest absolute Gasteiger partial charge is 0.481 e. The van der Waals surface area contributed by atoms with Crippen LogP contribution in [0, 0.1) is 29.2 Å². The van der Waals surface area contributed by atoms with Crippen molar-refractivity contribution in [2.75, 3.05) is 25.0 Å². The average molecular weight is 382 g/mol. The number of carbonyl (C=O) groups excluding carboxylic acids is 2. The molecule has 0 spiro atoms. The Morgan fingerprint density at radius 2 is 1.70 bits per heavy atom. The van der Waals surface area contributed by atoms with Gasteiger partial charge in [-0.05, 0) is 24.3 Å². The first kappa shape index (κ1) is 18.7. The minimum absolute atomic E-state index is 0.0522. The zero-order valence-electron chi connectivity index (χ0n) is 13.8. The van der Waals surface area contributed by atoms with Crippen LogP contribution >= 0.6 is 0 Å². The average Bonchev–Trinajstić information content (AvgIpc) is 2.60. The van der Waals surface area contributed by atoms with E-state index in [1.165, 1.54) is 23.1 Å². The van der Waals surface area contributed by atoms with Gasteiger partial charge in [0.15, 0.2) is 35.6 Å². The predicted octanol–water partition coefficient (Wildman–Crippen LogP) is 2.72. The lowest BCUT2D eigenvalue weighted by Gasteiger charge is -2.38. The highest BCUT2D eigenvalue weighted by atomic mass is 19.2. The molecule has 3 rings (SSSR count). The molecule has 1 saturated heterocycles. The van der Waals surface area contributed by atoms with Gasteiger partial charge in [0, 0.05) is 13.1 Å². The van der Waals surface area contributed by atoms with Gasteiger partial charge in [0.25, 0.3) is 5.91 Å². The Hall–Kier alpha value is -3.10. The maximum atomic E-state index is 13.6. The van der Waals surface area contributed by atoms with Crippen molar-refractivity contribution < 1.29 is 31.9 Å². The Kier molecular flexibility index (Phi) is 5.29. The van der Waals surface area contributed by atoms with E-state index < -0.39 is 53.3 Å². The SMILES string of the molecule is O=C(Nc1ccc(F)c(F)c1F)C1CN(C(=O)COc2ccccc2F)C1. The summed E-state index contributed by atoms with van der Waals surface area (Å²) in [6.45, 7) is -0.291. The maximum absolute atomic E-state index is 13.6. The van der Waals surface area contributed by atoms with E-state index in [1.807, 2.05) is 0 Å². The molecule has 2 aromatic rings. The van der Waals surface area contributed by atoms with Gasteiger partial charge in [0.1, 0.15) is 0 Å². The fourth-order valence-electron chi connectivity index (χ4n) is 2.50. The van der Waals surface area contributed by atoms with Crippen molar-refractivity contribution in [1.29, 1.82) is 0 Å². The molecule has 1 heterocycles. The molecular formula is C18H14F4N2O3. The first-order chi connectivity index (χ1) is 12.9. The van der Waals surface area contributed by atoms with Crippen LogP contribution in [0.25, 0.3) is 0 Å². The molecule has 27 heavy (non-hydrogen) atoms. The van der Waals surface area contributed by atoms with Crippen molar-refractivity contribution in [1.82, 2.24) is 4.90 Å². The van der Waals surface area contributed by atoms with E-state index in [2.05, 4.69) is 5.32 Å². The Balaban J connectivity index is 1.49. The summed E-state index contributed by atoms with van der Waals surface area (Å²) in [5, 5.41) is 2.17. The molecule has 142 valence electrons. The Bertz CT molecular complexity index is 885. The molecular weight excluding hydrogens is 368 g/mol. The summed E-state index contributed by atoms with van der Waals surface area (Å²) < 4.78 is 58.1. The second kappa shape index (κ2) is 7.65. The first-order valence-electron chi connectivity index (χ1n) is 7.96. The second-order valence-electron chi connectivity index (χ2n) is 5.93. The highest BCUT2D eigenvalue weighted by molar-refractivity contribution is 5.94. The summed E-state index contributed by atoms with van der Waals surface area (Å²) in [6, 6.07) is 7.23. The molecule has 0 radical (unpaired) electrons. The van der Waals surface area contributed by atoms with E-state index in [-0.39, 0.29) is 18.8 Å². The number of para-hydroxylation sites is 1. The van der Waals surface area contributed by atoms with Gasteiger partial charge >= 0.3 is 0 Å². The minimum Gasteiger partial charge on any atom is -0.481 e. The predicted molar refractivity (Wildman–Crippen MR) is 86.9 cm³/mol. The Morgan fingerprint density at radius 1 is 1.00 bits per heavy atom. The zero-order chi connectivity index (χ0) is 19.6. The van der Waals surface area contributed by atoms with Crippen LogP contribution in [0.4, 0.5) is 23.2 Å². The minimum atomic E-state index is -1.68. The summed E-state index contributed by atoms with van der Waals surface area (Å²) in [5.41, 5.74) is -0.480. The molecule has 1 fully saturated rings. The third kappa shape index (κ3) is 4.02. The third-order valence-electron chi connectivity index (χ3n) is 4.09. The normalized spacial score (nSPS) is 13.9. The molecule has 0 aromatic heterocycles. The zero-order valence-corrected chi connectivity index (χ0v) is 13.8. The lowest BCUT2D eigenvalue weighted by molar-refractivity contribution is -0.143. The van der Waals surface area contributed by atoms with E-state index in [0.29, 0.717) is 6.07 Å². The van der Waals surface area contributed by atoms with Crippen molar-refractivity contribution in [2.45, 2.75) is 0 Å². The monoisotopic (exact) mass is 382 g/mol. The van der Waals surface area contributed by atoms with E-state index in [4.69, 9.17) is 4.74 Å². The van der Waals surface area contributed by atoms with Crippen LogP contribution in [0.15, 0.2) is 36.4 Å². The molecule has 0 unspecified atom stereocenters. The van der Waals surface area contributed by atoms with Gasteiger partial charge in [0.05, 0.1) is 11.6 Å². The molecule has 2 aromatic carbocycles. The van der Waals surface area contributed by atoms with Crippen molar-refractivity contribution in [3.63, 3.8) is 0 Å². The maximum Gasteiger partial charge on any atom is 0.260 e. The summed E-state index contributed by atoms with van der Waals surface area (Å²) >= 11 is 0. The number of anilines is 1. The first-order valence-corrected chi connectivity index (χ1v) is 7.96. The summed E-state index contributed by atoms with van der Waals surface area (Å²) in [4.78, 5) is 25.3. The van der Waals surface area contributed by atoms with Crippen LogP contribution < -0.4 is 10.1 Å². The number of amides is 2.